The average molecular weight is 313 g/mol. The molecule has 0 spiro atoms. The van der Waals surface area contributed by atoms with E-state index in [9.17, 15) is 0 Å². The van der Waals surface area contributed by atoms with Gasteiger partial charge in [-0.2, -0.15) is 0 Å². The summed E-state index contributed by atoms with van der Waals surface area (Å²) in [6.07, 6.45) is 7.60. The van der Waals surface area contributed by atoms with Gasteiger partial charge in [-0.15, -0.1) is 0 Å². The van der Waals surface area contributed by atoms with Gasteiger partial charge in [0.25, 0.3) is 0 Å². The van der Waals surface area contributed by atoms with Crippen LogP contribution in [0.5, 0.6) is 0 Å². The van der Waals surface area contributed by atoms with E-state index >= 15 is 0 Å². The van der Waals surface area contributed by atoms with Crippen molar-refractivity contribution >= 4 is 11.6 Å². The molecule has 0 radical (unpaired) electrons. The summed E-state index contributed by atoms with van der Waals surface area (Å²) < 4.78 is 2.10. The van der Waals surface area contributed by atoms with Gasteiger partial charge in [0.2, 0.25) is 0 Å². The standard InChI is InChI=1S/C18H27N5/c1-14-7-11-22(12-8-14)18(19-3)20-9-6-16-13-23-10-4-5-15(2)17(23)21-16/h4-5,10,13-14H,6-9,11-12H2,1-3H3,(H,19,20). The van der Waals surface area contributed by atoms with Gasteiger partial charge in [-0.25, -0.2) is 4.98 Å². The molecule has 1 aliphatic heterocycles. The van der Waals surface area contributed by atoms with Crippen LogP contribution in [0, 0.1) is 12.8 Å². The van der Waals surface area contributed by atoms with Gasteiger partial charge in [-0.05, 0) is 37.3 Å². The molecule has 0 amide bonds. The van der Waals surface area contributed by atoms with Crippen molar-refractivity contribution in [1.82, 2.24) is 19.6 Å². The van der Waals surface area contributed by atoms with Crippen LogP contribution in [0.4, 0.5) is 0 Å². The minimum absolute atomic E-state index is 0.838. The zero-order valence-corrected chi connectivity index (χ0v) is 14.4. The van der Waals surface area contributed by atoms with E-state index in [2.05, 4.69) is 58.0 Å². The lowest BCUT2D eigenvalue weighted by Gasteiger charge is -2.32. The molecule has 5 nitrogen and oxygen atoms in total. The molecule has 1 aliphatic rings. The molecule has 1 N–H and O–H groups in total. The maximum atomic E-state index is 4.73. The molecule has 0 aromatic carbocycles. The van der Waals surface area contributed by atoms with Crippen LogP contribution in [-0.4, -0.2) is 46.9 Å². The first-order chi connectivity index (χ1) is 11.2. The first-order valence-corrected chi connectivity index (χ1v) is 8.56. The second-order valence-corrected chi connectivity index (χ2v) is 6.55. The second-order valence-electron chi connectivity index (χ2n) is 6.55. The average Bonchev–Trinajstić information content (AvgIpc) is 2.97. The smallest absolute Gasteiger partial charge is 0.193 e. The van der Waals surface area contributed by atoms with Crippen molar-refractivity contribution in [1.29, 1.82) is 0 Å². The molecule has 3 rings (SSSR count). The fourth-order valence-corrected chi connectivity index (χ4v) is 3.18. The summed E-state index contributed by atoms with van der Waals surface area (Å²) in [6.45, 7) is 7.51. The molecule has 124 valence electrons. The Hall–Kier alpha value is -2.04. The lowest BCUT2D eigenvalue weighted by molar-refractivity contribution is 0.273. The van der Waals surface area contributed by atoms with Crippen molar-refractivity contribution in [2.24, 2.45) is 10.9 Å². The Kier molecular flexibility index (Phi) is 4.84. The summed E-state index contributed by atoms with van der Waals surface area (Å²) in [5, 5.41) is 3.49. The molecule has 1 saturated heterocycles. The Balaban J connectivity index is 1.56. The number of pyridine rings is 1. The summed E-state index contributed by atoms with van der Waals surface area (Å²) in [4.78, 5) is 11.5. The van der Waals surface area contributed by atoms with Crippen molar-refractivity contribution in [2.75, 3.05) is 26.7 Å². The zero-order chi connectivity index (χ0) is 16.2. The summed E-state index contributed by atoms with van der Waals surface area (Å²) >= 11 is 0. The molecule has 0 unspecified atom stereocenters. The summed E-state index contributed by atoms with van der Waals surface area (Å²) in [6, 6.07) is 4.16. The van der Waals surface area contributed by atoms with Crippen molar-refractivity contribution in [3.63, 3.8) is 0 Å². The zero-order valence-electron chi connectivity index (χ0n) is 14.4. The van der Waals surface area contributed by atoms with Crippen LogP contribution in [-0.2, 0) is 6.42 Å². The Labute approximate surface area is 138 Å². The van der Waals surface area contributed by atoms with E-state index in [1.54, 1.807) is 0 Å². The summed E-state index contributed by atoms with van der Waals surface area (Å²) in [5.74, 6) is 1.86. The monoisotopic (exact) mass is 313 g/mol. The van der Waals surface area contributed by atoms with Crippen LogP contribution >= 0.6 is 0 Å². The number of rotatable bonds is 3. The van der Waals surface area contributed by atoms with Crippen LogP contribution in [0.25, 0.3) is 5.65 Å². The van der Waals surface area contributed by atoms with E-state index in [-0.39, 0.29) is 0 Å². The molecule has 2 aromatic heterocycles. The van der Waals surface area contributed by atoms with Crippen molar-refractivity contribution < 1.29 is 0 Å². The van der Waals surface area contributed by atoms with E-state index in [0.717, 1.165) is 49.3 Å². The van der Waals surface area contributed by atoms with Gasteiger partial charge in [-0.1, -0.05) is 13.0 Å². The van der Waals surface area contributed by atoms with Crippen LogP contribution in [0.2, 0.25) is 0 Å². The quantitative estimate of drug-likeness (QED) is 0.699. The Morgan fingerprint density at radius 2 is 2.17 bits per heavy atom. The van der Waals surface area contributed by atoms with Gasteiger partial charge in [0.05, 0.1) is 5.69 Å². The van der Waals surface area contributed by atoms with Gasteiger partial charge in [0.1, 0.15) is 5.65 Å². The number of nitrogens with one attached hydrogen (secondary N) is 1. The van der Waals surface area contributed by atoms with E-state index in [4.69, 9.17) is 4.98 Å². The summed E-state index contributed by atoms with van der Waals surface area (Å²) in [5.41, 5.74) is 3.39. The number of hydrogen-bond donors (Lipinski definition) is 1. The van der Waals surface area contributed by atoms with Crippen LogP contribution in [0.3, 0.4) is 0 Å². The molecule has 0 saturated carbocycles. The van der Waals surface area contributed by atoms with Gasteiger partial charge in [-0.3, -0.25) is 4.99 Å². The number of aryl methyl sites for hydroxylation is 1. The topological polar surface area (TPSA) is 44.9 Å². The van der Waals surface area contributed by atoms with E-state index in [1.165, 1.54) is 18.4 Å². The number of likely N-dealkylation sites (tertiary alicyclic amines) is 1. The molecule has 2 aromatic rings. The molecule has 1 fully saturated rings. The maximum absolute atomic E-state index is 4.73. The van der Waals surface area contributed by atoms with Crippen LogP contribution in [0.1, 0.15) is 31.0 Å². The van der Waals surface area contributed by atoms with Gasteiger partial charge in [0.15, 0.2) is 5.96 Å². The van der Waals surface area contributed by atoms with Crippen molar-refractivity contribution in [2.45, 2.75) is 33.1 Å². The minimum atomic E-state index is 0.838. The molecule has 0 aliphatic carbocycles. The number of hydrogen-bond acceptors (Lipinski definition) is 2. The summed E-state index contributed by atoms with van der Waals surface area (Å²) in [7, 11) is 1.87. The van der Waals surface area contributed by atoms with E-state index in [1.807, 2.05) is 7.05 Å². The van der Waals surface area contributed by atoms with Gasteiger partial charge >= 0.3 is 0 Å². The molecule has 3 heterocycles. The Morgan fingerprint density at radius 3 is 2.87 bits per heavy atom. The van der Waals surface area contributed by atoms with E-state index < -0.39 is 0 Å². The number of imidazole rings is 1. The largest absolute Gasteiger partial charge is 0.356 e. The lowest BCUT2D eigenvalue weighted by Crippen LogP contribution is -2.45. The number of aliphatic imine (C=N–C) groups is 1. The molecule has 0 bridgehead atoms. The lowest BCUT2D eigenvalue weighted by atomic mass is 10.00. The third-order valence-corrected chi connectivity index (χ3v) is 4.69. The van der Waals surface area contributed by atoms with Crippen molar-refractivity contribution in [3.8, 4) is 0 Å². The van der Waals surface area contributed by atoms with Crippen LogP contribution in [0.15, 0.2) is 29.5 Å². The normalized spacial score (nSPS) is 17.0. The highest BCUT2D eigenvalue weighted by molar-refractivity contribution is 5.79. The predicted molar refractivity (Wildman–Crippen MR) is 95.0 cm³/mol. The third-order valence-electron chi connectivity index (χ3n) is 4.69. The van der Waals surface area contributed by atoms with Crippen molar-refractivity contribution in [3.05, 3.63) is 35.8 Å². The van der Waals surface area contributed by atoms with Gasteiger partial charge in [0, 0.05) is 45.5 Å². The SMILES string of the molecule is CN=C(NCCc1cn2cccc(C)c2n1)N1CCC(C)CC1. The molecule has 0 atom stereocenters. The van der Waals surface area contributed by atoms with E-state index in [0.29, 0.717) is 0 Å². The number of guanidine groups is 1. The Morgan fingerprint density at radius 1 is 1.39 bits per heavy atom. The molecular weight excluding hydrogens is 286 g/mol. The number of aromatic nitrogens is 2. The second kappa shape index (κ2) is 7.02. The first kappa shape index (κ1) is 15.8. The highest BCUT2D eigenvalue weighted by atomic mass is 15.3. The highest BCUT2D eigenvalue weighted by Gasteiger charge is 2.18. The number of fused-ring (bicyclic) bond motifs is 1. The number of piperidine rings is 1. The van der Waals surface area contributed by atoms with Crippen LogP contribution < -0.4 is 5.32 Å². The third kappa shape index (κ3) is 3.66. The first-order valence-electron chi connectivity index (χ1n) is 8.56. The Bertz CT molecular complexity index is 680. The fourth-order valence-electron chi connectivity index (χ4n) is 3.18. The number of nitrogens with zero attached hydrogens (tertiary/aromatic N) is 4. The molecule has 5 heteroatoms. The predicted octanol–water partition coefficient (Wildman–Crippen LogP) is 2.49. The fraction of sp³-hybridized carbons (Fsp3) is 0.556. The highest BCUT2D eigenvalue weighted by Crippen LogP contribution is 2.16. The molecular formula is C18H27N5. The molecule has 23 heavy (non-hydrogen) atoms. The van der Waals surface area contributed by atoms with Gasteiger partial charge < -0.3 is 14.6 Å². The minimum Gasteiger partial charge on any atom is -0.356 e. The maximum Gasteiger partial charge on any atom is 0.193 e.